The third-order valence-corrected chi connectivity index (χ3v) is 3.83. The number of rotatable bonds is 5. The van der Waals surface area contributed by atoms with Crippen molar-refractivity contribution in [3.05, 3.63) is 16.8 Å². The van der Waals surface area contributed by atoms with E-state index in [9.17, 15) is 5.11 Å². The Balaban J connectivity index is 2.46. The second-order valence-corrected chi connectivity index (χ2v) is 5.02. The first-order valence-corrected chi connectivity index (χ1v) is 6.62. The molecule has 4 N–H and O–H groups in total. The van der Waals surface area contributed by atoms with Crippen LogP contribution in [-0.2, 0) is 0 Å². The van der Waals surface area contributed by atoms with Crippen LogP contribution in [0.25, 0.3) is 0 Å². The average Bonchev–Trinajstić information content (AvgIpc) is 2.29. The molecule has 1 saturated carbocycles. The van der Waals surface area contributed by atoms with Gasteiger partial charge in [-0.25, -0.2) is 0 Å². The highest BCUT2D eigenvalue weighted by Gasteiger charge is 2.29. The number of nitrogens with one attached hydrogen (secondary N) is 1. The summed E-state index contributed by atoms with van der Waals surface area (Å²) in [5, 5.41) is 25.4. The van der Waals surface area contributed by atoms with Crippen molar-refractivity contribution in [2.45, 2.75) is 39.2 Å². The van der Waals surface area contributed by atoms with Crippen molar-refractivity contribution < 1.29 is 5.11 Å². The molecule has 1 aromatic heterocycles. The minimum atomic E-state index is 0.00719. The second kappa shape index (κ2) is 5.52. The molecule has 0 unspecified atom stereocenters. The zero-order chi connectivity index (χ0) is 14.0. The molecule has 0 bridgehead atoms. The molecule has 1 fully saturated rings. The van der Waals surface area contributed by atoms with Gasteiger partial charge in [0, 0.05) is 12.6 Å². The summed E-state index contributed by atoms with van der Waals surface area (Å²) in [6.45, 7) is 4.32. The molecule has 1 aliphatic rings. The number of aliphatic hydroxyl groups excluding tert-OH is 1. The number of anilines is 1. The van der Waals surface area contributed by atoms with E-state index in [2.05, 4.69) is 10.2 Å². The van der Waals surface area contributed by atoms with E-state index in [0.29, 0.717) is 24.0 Å². The molecule has 0 aromatic carbocycles. The van der Waals surface area contributed by atoms with Gasteiger partial charge >= 0.3 is 0 Å². The Bertz CT molecular complexity index is 484. The van der Waals surface area contributed by atoms with Crippen LogP contribution in [0.4, 0.5) is 5.82 Å². The first-order valence-electron chi connectivity index (χ1n) is 6.62. The van der Waals surface area contributed by atoms with Crippen LogP contribution in [-0.4, -0.2) is 40.3 Å². The molecule has 2 rings (SSSR count). The quantitative estimate of drug-likeness (QED) is 0.537. The molecular formula is C13H21N5O. The molecule has 104 valence electrons. The van der Waals surface area contributed by atoms with Crippen LogP contribution < -0.4 is 10.6 Å². The molecule has 0 aliphatic heterocycles. The van der Waals surface area contributed by atoms with Gasteiger partial charge in [-0.15, -0.1) is 5.10 Å². The van der Waals surface area contributed by atoms with Crippen molar-refractivity contribution in [1.29, 1.82) is 5.41 Å². The maximum Gasteiger partial charge on any atom is 0.162 e. The van der Waals surface area contributed by atoms with E-state index >= 15 is 0 Å². The molecule has 1 heterocycles. The number of hydrogen-bond donors (Lipinski definition) is 3. The van der Waals surface area contributed by atoms with Gasteiger partial charge in [0.2, 0.25) is 0 Å². The largest absolute Gasteiger partial charge is 0.395 e. The number of nitrogens with zero attached hydrogens (tertiary/aromatic N) is 3. The molecule has 19 heavy (non-hydrogen) atoms. The Hall–Kier alpha value is -1.69. The molecule has 1 aromatic rings. The number of hydrogen-bond acceptors (Lipinski definition) is 5. The fourth-order valence-electron chi connectivity index (χ4n) is 2.39. The summed E-state index contributed by atoms with van der Waals surface area (Å²) >= 11 is 0. The van der Waals surface area contributed by atoms with Gasteiger partial charge in [-0.3, -0.25) is 5.41 Å². The Morgan fingerprint density at radius 3 is 2.58 bits per heavy atom. The minimum absolute atomic E-state index is 0.00719. The van der Waals surface area contributed by atoms with E-state index in [-0.39, 0.29) is 12.4 Å². The SMILES string of the molecule is Cc1nnc(N(CCO)C2CCC2)c(C(=N)N)c1C. The zero-order valence-electron chi connectivity index (χ0n) is 11.5. The smallest absolute Gasteiger partial charge is 0.162 e. The van der Waals surface area contributed by atoms with Gasteiger partial charge in [0.05, 0.1) is 17.9 Å². The Morgan fingerprint density at radius 2 is 2.11 bits per heavy atom. The normalized spacial score (nSPS) is 15.1. The van der Waals surface area contributed by atoms with Gasteiger partial charge < -0.3 is 15.7 Å². The lowest BCUT2D eigenvalue weighted by atomic mass is 9.91. The van der Waals surface area contributed by atoms with E-state index in [1.807, 2.05) is 18.7 Å². The van der Waals surface area contributed by atoms with Crippen LogP contribution in [0.15, 0.2) is 0 Å². The van der Waals surface area contributed by atoms with Gasteiger partial charge in [-0.05, 0) is 38.7 Å². The molecule has 6 heteroatoms. The summed E-state index contributed by atoms with van der Waals surface area (Å²) in [5.41, 5.74) is 8.02. The fraction of sp³-hybridized carbons (Fsp3) is 0.615. The second-order valence-electron chi connectivity index (χ2n) is 5.02. The lowest BCUT2D eigenvalue weighted by Crippen LogP contribution is -2.43. The van der Waals surface area contributed by atoms with Gasteiger partial charge in [-0.2, -0.15) is 5.10 Å². The molecule has 0 atom stereocenters. The number of nitrogens with two attached hydrogens (primary N) is 1. The van der Waals surface area contributed by atoms with E-state index in [1.165, 1.54) is 6.42 Å². The Labute approximate surface area is 113 Å². The van der Waals surface area contributed by atoms with Gasteiger partial charge in [0.25, 0.3) is 0 Å². The highest BCUT2D eigenvalue weighted by molar-refractivity contribution is 6.01. The average molecular weight is 263 g/mol. The highest BCUT2D eigenvalue weighted by atomic mass is 16.3. The van der Waals surface area contributed by atoms with E-state index in [1.54, 1.807) is 0 Å². The Kier molecular flexibility index (Phi) is 3.99. The zero-order valence-corrected chi connectivity index (χ0v) is 11.5. The van der Waals surface area contributed by atoms with Crippen LogP contribution in [0.5, 0.6) is 0 Å². The third-order valence-electron chi connectivity index (χ3n) is 3.83. The molecule has 1 aliphatic carbocycles. The fourth-order valence-corrected chi connectivity index (χ4v) is 2.39. The summed E-state index contributed by atoms with van der Waals surface area (Å²) in [5.74, 6) is 0.641. The number of aromatic nitrogens is 2. The minimum Gasteiger partial charge on any atom is -0.395 e. The summed E-state index contributed by atoms with van der Waals surface area (Å²) in [6, 6.07) is 0.377. The molecule has 0 spiro atoms. The maximum atomic E-state index is 9.25. The van der Waals surface area contributed by atoms with E-state index in [0.717, 1.165) is 24.1 Å². The van der Waals surface area contributed by atoms with Crippen LogP contribution in [0.2, 0.25) is 0 Å². The van der Waals surface area contributed by atoms with Crippen molar-refractivity contribution in [2.75, 3.05) is 18.1 Å². The number of aryl methyl sites for hydroxylation is 1. The van der Waals surface area contributed by atoms with Gasteiger partial charge in [-0.1, -0.05) is 0 Å². The lowest BCUT2D eigenvalue weighted by Gasteiger charge is -2.38. The van der Waals surface area contributed by atoms with Crippen LogP contribution >= 0.6 is 0 Å². The first-order chi connectivity index (χ1) is 9.06. The number of nitrogen functional groups attached to an aromatic ring is 1. The van der Waals surface area contributed by atoms with E-state index in [4.69, 9.17) is 11.1 Å². The summed E-state index contributed by atoms with van der Waals surface area (Å²) in [4.78, 5) is 2.04. The topological polar surface area (TPSA) is 99.1 Å². The van der Waals surface area contributed by atoms with Crippen molar-refractivity contribution in [3.63, 3.8) is 0 Å². The maximum absolute atomic E-state index is 9.25. The number of aliphatic hydroxyl groups is 1. The monoisotopic (exact) mass is 263 g/mol. The Morgan fingerprint density at radius 1 is 1.42 bits per heavy atom. The predicted octanol–water partition coefficient (Wildman–Crippen LogP) is 0.729. The predicted molar refractivity (Wildman–Crippen MR) is 74.6 cm³/mol. The van der Waals surface area contributed by atoms with Crippen LogP contribution in [0.3, 0.4) is 0 Å². The summed E-state index contributed by atoms with van der Waals surface area (Å²) in [6.07, 6.45) is 3.37. The van der Waals surface area contributed by atoms with E-state index < -0.39 is 0 Å². The number of amidine groups is 1. The van der Waals surface area contributed by atoms with Crippen molar-refractivity contribution in [1.82, 2.24) is 10.2 Å². The summed E-state index contributed by atoms with van der Waals surface area (Å²) < 4.78 is 0. The molecular weight excluding hydrogens is 242 g/mol. The van der Waals surface area contributed by atoms with Crippen molar-refractivity contribution >= 4 is 11.7 Å². The summed E-state index contributed by atoms with van der Waals surface area (Å²) in [7, 11) is 0. The molecule has 0 radical (unpaired) electrons. The third kappa shape index (κ3) is 2.53. The van der Waals surface area contributed by atoms with Gasteiger partial charge in [0.15, 0.2) is 5.82 Å². The lowest BCUT2D eigenvalue weighted by molar-refractivity contribution is 0.282. The molecule has 6 nitrogen and oxygen atoms in total. The van der Waals surface area contributed by atoms with Crippen LogP contribution in [0, 0.1) is 19.3 Å². The highest BCUT2D eigenvalue weighted by Crippen LogP contribution is 2.31. The van der Waals surface area contributed by atoms with Gasteiger partial charge in [0.1, 0.15) is 5.84 Å². The van der Waals surface area contributed by atoms with Crippen molar-refractivity contribution in [2.24, 2.45) is 5.73 Å². The standard InChI is InChI=1S/C13H21N5O/c1-8-9(2)16-17-13(11(8)12(14)15)18(6-7-19)10-4-3-5-10/h10,19H,3-7H2,1-2H3,(H3,14,15). The first kappa shape index (κ1) is 13.7. The molecule has 0 saturated heterocycles. The molecule has 0 amide bonds. The van der Waals surface area contributed by atoms with Crippen LogP contribution in [0.1, 0.15) is 36.1 Å². The van der Waals surface area contributed by atoms with Crippen molar-refractivity contribution in [3.8, 4) is 0 Å².